The second kappa shape index (κ2) is 15.4. The molecule has 10 nitrogen and oxygen atoms in total. The SMILES string of the molecule is COc1ccccc1C=Cc1cc(C=Cc2ccccc2OC)nc(OCCN=C(N)N)n1.O=C(O)C(F)(F)F. The van der Waals surface area contributed by atoms with Gasteiger partial charge in [-0.05, 0) is 42.5 Å². The number of hydrogen-bond acceptors (Lipinski definition) is 7. The minimum absolute atomic E-state index is 0.00782. The first-order chi connectivity index (χ1) is 19.0. The predicted molar refractivity (Wildman–Crippen MR) is 146 cm³/mol. The van der Waals surface area contributed by atoms with Gasteiger partial charge in [-0.3, -0.25) is 4.99 Å². The standard InChI is InChI=1S/C25H27N5O3.C2HF3O2/c1-31-22-9-5-3-7-18(22)11-13-20-17-21(14-12-19-8-4-6-10-23(19)32-2)30-25(29-20)33-16-15-28-24(26)27;3-2(4,5)1(6)7/h3-14,17H,15-16H2,1-2H3,(H4,26,27,28);(H,6,7). The van der Waals surface area contributed by atoms with Gasteiger partial charge in [-0.2, -0.15) is 23.1 Å². The number of carbonyl (C=O) groups is 1. The van der Waals surface area contributed by atoms with Gasteiger partial charge in [0, 0.05) is 11.1 Å². The van der Waals surface area contributed by atoms with Gasteiger partial charge in [0.25, 0.3) is 0 Å². The Hall–Kier alpha value is -5.07. The number of aliphatic imine (C=N–C) groups is 1. The highest BCUT2D eigenvalue weighted by atomic mass is 19.4. The molecule has 2 aromatic carbocycles. The first kappa shape index (κ1) is 31.1. The molecule has 5 N–H and O–H groups in total. The molecule has 1 aromatic heterocycles. The van der Waals surface area contributed by atoms with Crippen LogP contribution in [0.5, 0.6) is 17.5 Å². The Bertz CT molecular complexity index is 1280. The number of carboxylic acid groups (broad SMARTS) is 1. The number of aliphatic carboxylic acids is 1. The number of aromatic nitrogens is 2. The quantitative estimate of drug-likeness (QED) is 0.189. The number of methoxy groups -OCH3 is 2. The van der Waals surface area contributed by atoms with Crippen molar-refractivity contribution in [1.29, 1.82) is 0 Å². The minimum Gasteiger partial charge on any atom is -0.496 e. The number of nitrogens with zero attached hydrogens (tertiary/aromatic N) is 3. The largest absolute Gasteiger partial charge is 0.496 e. The number of rotatable bonds is 10. The molecule has 1 heterocycles. The molecule has 0 aliphatic rings. The smallest absolute Gasteiger partial charge is 0.490 e. The Balaban J connectivity index is 0.000000708. The van der Waals surface area contributed by atoms with E-state index in [1.807, 2.05) is 78.9 Å². The molecule has 0 aliphatic carbocycles. The lowest BCUT2D eigenvalue weighted by molar-refractivity contribution is -0.192. The van der Waals surface area contributed by atoms with Gasteiger partial charge in [0.1, 0.15) is 18.1 Å². The topological polar surface area (TPSA) is 155 Å². The number of nitrogens with two attached hydrogens (primary N) is 2. The van der Waals surface area contributed by atoms with Crippen molar-refractivity contribution in [3.63, 3.8) is 0 Å². The van der Waals surface area contributed by atoms with E-state index in [9.17, 15) is 13.2 Å². The summed E-state index contributed by atoms with van der Waals surface area (Å²) in [5.41, 5.74) is 13.9. The van der Waals surface area contributed by atoms with Crippen LogP contribution < -0.4 is 25.7 Å². The maximum absolute atomic E-state index is 10.6. The molecule has 0 unspecified atom stereocenters. The lowest BCUT2D eigenvalue weighted by atomic mass is 10.1. The molecule has 0 fully saturated rings. The molecule has 0 amide bonds. The van der Waals surface area contributed by atoms with Crippen molar-refractivity contribution in [3.05, 3.63) is 77.1 Å². The summed E-state index contributed by atoms with van der Waals surface area (Å²) in [5, 5.41) is 7.12. The summed E-state index contributed by atoms with van der Waals surface area (Å²) in [6.07, 6.45) is 2.53. The van der Waals surface area contributed by atoms with Crippen molar-refractivity contribution < 1.29 is 37.3 Å². The van der Waals surface area contributed by atoms with Gasteiger partial charge in [-0.1, -0.05) is 36.4 Å². The third-order valence-electron chi connectivity index (χ3n) is 4.75. The first-order valence-corrected chi connectivity index (χ1v) is 11.5. The summed E-state index contributed by atoms with van der Waals surface area (Å²) >= 11 is 0. The van der Waals surface area contributed by atoms with Gasteiger partial charge in [0.15, 0.2) is 5.96 Å². The van der Waals surface area contributed by atoms with Crippen molar-refractivity contribution in [1.82, 2.24) is 9.97 Å². The number of benzene rings is 2. The summed E-state index contributed by atoms with van der Waals surface area (Å²) in [4.78, 5) is 21.8. The van der Waals surface area contributed by atoms with Gasteiger partial charge >= 0.3 is 18.2 Å². The number of guanidine groups is 1. The summed E-state index contributed by atoms with van der Waals surface area (Å²) < 4.78 is 48.2. The normalized spacial score (nSPS) is 11.0. The Kier molecular flexibility index (Phi) is 12.0. The molecule has 0 saturated heterocycles. The number of hydrogen-bond donors (Lipinski definition) is 3. The lowest BCUT2D eigenvalue weighted by Gasteiger charge is -2.07. The third-order valence-corrected chi connectivity index (χ3v) is 4.75. The van der Waals surface area contributed by atoms with Gasteiger partial charge < -0.3 is 30.8 Å². The van der Waals surface area contributed by atoms with E-state index in [4.69, 9.17) is 35.6 Å². The van der Waals surface area contributed by atoms with Crippen LogP contribution in [0.15, 0.2) is 59.6 Å². The fraction of sp³-hybridized carbons (Fsp3) is 0.185. The lowest BCUT2D eigenvalue weighted by Crippen LogP contribution is -2.23. The second-order valence-electron chi connectivity index (χ2n) is 7.61. The maximum atomic E-state index is 10.6. The van der Waals surface area contributed by atoms with E-state index in [1.54, 1.807) is 14.2 Å². The van der Waals surface area contributed by atoms with Gasteiger partial charge in [-0.25, -0.2) is 4.79 Å². The van der Waals surface area contributed by atoms with Gasteiger partial charge in [-0.15, -0.1) is 0 Å². The Morgan fingerprint density at radius 1 is 0.900 bits per heavy atom. The number of carboxylic acids is 1. The van der Waals surface area contributed by atoms with E-state index in [2.05, 4.69) is 15.0 Å². The number of halogens is 3. The summed E-state index contributed by atoms with van der Waals surface area (Å²) in [6.45, 7) is 0.548. The molecular formula is C27H28F3N5O5. The van der Waals surface area contributed by atoms with E-state index in [0.717, 1.165) is 22.6 Å². The van der Waals surface area contributed by atoms with Crippen molar-refractivity contribution in [3.8, 4) is 17.5 Å². The zero-order chi connectivity index (χ0) is 29.5. The average Bonchev–Trinajstić information content (AvgIpc) is 2.93. The molecule has 3 aromatic rings. The van der Waals surface area contributed by atoms with E-state index in [0.29, 0.717) is 17.9 Å². The van der Waals surface area contributed by atoms with Crippen LogP contribution in [0.1, 0.15) is 22.5 Å². The van der Waals surface area contributed by atoms with Gasteiger partial charge in [0.05, 0.1) is 32.2 Å². The molecule has 3 rings (SSSR count). The van der Waals surface area contributed by atoms with Crippen molar-refractivity contribution in [2.24, 2.45) is 16.5 Å². The second-order valence-corrected chi connectivity index (χ2v) is 7.61. The highest BCUT2D eigenvalue weighted by molar-refractivity contribution is 5.76. The molecule has 0 bridgehead atoms. The zero-order valence-corrected chi connectivity index (χ0v) is 21.6. The van der Waals surface area contributed by atoms with Crippen molar-refractivity contribution >= 4 is 36.2 Å². The number of para-hydroxylation sites is 2. The molecule has 0 atom stereocenters. The molecule has 212 valence electrons. The Labute approximate surface area is 228 Å². The van der Waals surface area contributed by atoms with Crippen LogP contribution >= 0.6 is 0 Å². The Morgan fingerprint density at radius 2 is 1.35 bits per heavy atom. The van der Waals surface area contributed by atoms with Crippen LogP contribution in [-0.2, 0) is 4.79 Å². The summed E-state index contributed by atoms with van der Waals surface area (Å²) in [5.74, 6) is -1.21. The monoisotopic (exact) mass is 559 g/mol. The predicted octanol–water partition coefficient (Wildman–Crippen LogP) is 4.12. The highest BCUT2D eigenvalue weighted by Gasteiger charge is 2.38. The molecule has 0 aliphatic heterocycles. The van der Waals surface area contributed by atoms with Crippen LogP contribution in [0.2, 0.25) is 0 Å². The van der Waals surface area contributed by atoms with Crippen molar-refractivity contribution in [2.45, 2.75) is 6.18 Å². The number of ether oxygens (including phenoxy) is 3. The van der Waals surface area contributed by atoms with Crippen LogP contribution in [0.25, 0.3) is 24.3 Å². The van der Waals surface area contributed by atoms with Crippen LogP contribution in [0.3, 0.4) is 0 Å². The molecule has 13 heteroatoms. The summed E-state index contributed by atoms with van der Waals surface area (Å²) in [6, 6.07) is 17.6. The average molecular weight is 560 g/mol. The fourth-order valence-corrected chi connectivity index (χ4v) is 2.97. The highest BCUT2D eigenvalue weighted by Crippen LogP contribution is 2.22. The maximum Gasteiger partial charge on any atom is 0.490 e. The van der Waals surface area contributed by atoms with E-state index >= 15 is 0 Å². The van der Waals surface area contributed by atoms with Crippen molar-refractivity contribution in [2.75, 3.05) is 27.4 Å². The summed E-state index contributed by atoms with van der Waals surface area (Å²) in [7, 11) is 3.28. The fourth-order valence-electron chi connectivity index (χ4n) is 2.97. The third kappa shape index (κ3) is 10.7. The van der Waals surface area contributed by atoms with Crippen LogP contribution in [-0.4, -0.2) is 60.6 Å². The molecule has 0 radical (unpaired) electrons. The zero-order valence-electron chi connectivity index (χ0n) is 21.6. The first-order valence-electron chi connectivity index (χ1n) is 11.5. The minimum atomic E-state index is -5.08. The molecular weight excluding hydrogens is 531 g/mol. The van der Waals surface area contributed by atoms with Gasteiger partial charge in [0.2, 0.25) is 0 Å². The molecule has 40 heavy (non-hydrogen) atoms. The van der Waals surface area contributed by atoms with Crippen LogP contribution in [0, 0.1) is 0 Å². The molecule has 0 spiro atoms. The Morgan fingerprint density at radius 3 is 1.75 bits per heavy atom. The van der Waals surface area contributed by atoms with E-state index in [1.165, 1.54) is 0 Å². The number of alkyl halides is 3. The molecule has 0 saturated carbocycles. The van der Waals surface area contributed by atoms with Crippen LogP contribution in [0.4, 0.5) is 13.2 Å². The van der Waals surface area contributed by atoms with E-state index in [-0.39, 0.29) is 18.6 Å². The van der Waals surface area contributed by atoms with E-state index < -0.39 is 12.1 Å².